The summed E-state index contributed by atoms with van der Waals surface area (Å²) in [6.07, 6.45) is 5.57. The third-order valence-electron chi connectivity index (χ3n) is 8.54. The second kappa shape index (κ2) is 14.9. The molecule has 49 heavy (non-hydrogen) atoms. The van der Waals surface area contributed by atoms with E-state index >= 15 is 0 Å². The van der Waals surface area contributed by atoms with Gasteiger partial charge in [0.05, 0.1) is 5.52 Å². The van der Waals surface area contributed by atoms with Crippen LogP contribution in [-0.2, 0) is 20.1 Å². The molecule has 0 amide bonds. The molecule has 0 N–H and O–H groups in total. The van der Waals surface area contributed by atoms with Gasteiger partial charge in [-0.15, -0.1) is 65.2 Å². The molecule has 4 heteroatoms. The summed E-state index contributed by atoms with van der Waals surface area (Å²) >= 11 is 0. The predicted molar refractivity (Wildman–Crippen MR) is 200 cm³/mol. The van der Waals surface area contributed by atoms with Crippen LogP contribution in [0, 0.1) is 39.8 Å². The number of hydrogen-bond donors (Lipinski definition) is 0. The zero-order valence-electron chi connectivity index (χ0n) is 28.0. The summed E-state index contributed by atoms with van der Waals surface area (Å²) in [6.45, 7) is 8.59. The van der Waals surface area contributed by atoms with E-state index in [1.54, 1.807) is 6.20 Å². The summed E-state index contributed by atoms with van der Waals surface area (Å²) < 4.78 is 0. The van der Waals surface area contributed by atoms with Gasteiger partial charge in [0.25, 0.3) is 0 Å². The van der Waals surface area contributed by atoms with Crippen molar-refractivity contribution < 1.29 is 20.1 Å². The third-order valence-corrected chi connectivity index (χ3v) is 8.54. The summed E-state index contributed by atoms with van der Waals surface area (Å²) in [6, 6.07) is 48.6. The first-order valence-electron chi connectivity index (χ1n) is 16.2. The van der Waals surface area contributed by atoms with Crippen LogP contribution in [-0.4, -0.2) is 15.0 Å². The molecular weight excluding hydrogens is 775 g/mol. The molecule has 3 heterocycles. The average molecular weight is 810 g/mol. The van der Waals surface area contributed by atoms with Gasteiger partial charge < -0.3 is 9.97 Å². The van der Waals surface area contributed by atoms with Gasteiger partial charge in [0, 0.05) is 44.1 Å². The van der Waals surface area contributed by atoms with Crippen molar-refractivity contribution in [2.45, 2.75) is 27.7 Å². The summed E-state index contributed by atoms with van der Waals surface area (Å²) in [7, 11) is 0. The van der Waals surface area contributed by atoms with Gasteiger partial charge in [-0.3, -0.25) is 4.98 Å². The van der Waals surface area contributed by atoms with E-state index in [4.69, 9.17) is 4.98 Å². The third kappa shape index (κ3) is 7.42. The number of aromatic nitrogens is 3. The molecule has 0 unspecified atom stereocenters. The fourth-order valence-electron chi connectivity index (χ4n) is 6.19. The molecule has 0 bridgehead atoms. The molecule has 0 saturated carbocycles. The molecule has 0 spiro atoms. The number of benzene rings is 5. The quantitative estimate of drug-likeness (QED) is 0.131. The average Bonchev–Trinajstić information content (AvgIpc) is 3.12. The van der Waals surface area contributed by atoms with Gasteiger partial charge in [-0.1, -0.05) is 72.6 Å². The van der Waals surface area contributed by atoms with Crippen molar-refractivity contribution in [1.29, 1.82) is 0 Å². The summed E-state index contributed by atoms with van der Waals surface area (Å²) in [5, 5.41) is 3.71. The fraction of sp³-hybridized carbons (Fsp3) is 0.0889. The molecule has 3 aromatic heterocycles. The van der Waals surface area contributed by atoms with Crippen molar-refractivity contribution >= 4 is 21.7 Å². The minimum absolute atomic E-state index is 0. The van der Waals surface area contributed by atoms with Crippen LogP contribution in [0.4, 0.5) is 0 Å². The molecule has 5 aromatic carbocycles. The predicted octanol–water partition coefficient (Wildman–Crippen LogP) is 11.4. The minimum atomic E-state index is 0. The monoisotopic (exact) mass is 810 g/mol. The number of aryl methyl sites for hydroxylation is 4. The summed E-state index contributed by atoms with van der Waals surface area (Å²) in [5.74, 6) is 0. The Hall–Kier alpha value is -5.28. The van der Waals surface area contributed by atoms with Gasteiger partial charge in [0.15, 0.2) is 0 Å². The topological polar surface area (TPSA) is 38.7 Å². The zero-order chi connectivity index (χ0) is 33.0. The molecule has 8 aromatic rings. The van der Waals surface area contributed by atoms with E-state index in [2.05, 4.69) is 110 Å². The van der Waals surface area contributed by atoms with E-state index in [-0.39, 0.29) is 20.1 Å². The summed E-state index contributed by atoms with van der Waals surface area (Å²) in [5.41, 5.74) is 14.7. The Labute approximate surface area is 302 Å². The fourth-order valence-corrected chi connectivity index (χ4v) is 6.19. The first kappa shape index (κ1) is 33.6. The van der Waals surface area contributed by atoms with Crippen molar-refractivity contribution in [3.05, 3.63) is 174 Å². The Bertz CT molecular complexity index is 2330. The van der Waals surface area contributed by atoms with Crippen molar-refractivity contribution in [3.8, 4) is 44.8 Å². The molecule has 0 fully saturated rings. The van der Waals surface area contributed by atoms with E-state index in [1.165, 1.54) is 60.7 Å². The van der Waals surface area contributed by atoms with Gasteiger partial charge in [-0.25, -0.2) is 0 Å². The van der Waals surface area contributed by atoms with E-state index in [9.17, 15) is 0 Å². The number of rotatable bonds is 4. The van der Waals surface area contributed by atoms with E-state index in [1.807, 2.05) is 73.1 Å². The van der Waals surface area contributed by atoms with Crippen LogP contribution in [0.2, 0.25) is 0 Å². The van der Waals surface area contributed by atoms with Crippen LogP contribution in [0.5, 0.6) is 0 Å². The minimum Gasteiger partial charge on any atom is -0.305 e. The first-order chi connectivity index (χ1) is 23.4. The van der Waals surface area contributed by atoms with Crippen LogP contribution in [0.1, 0.15) is 22.3 Å². The Morgan fingerprint density at radius 1 is 0.490 bits per heavy atom. The molecule has 3 nitrogen and oxygen atoms in total. The smallest absolute Gasteiger partial charge is 0.0714 e. The van der Waals surface area contributed by atoms with Crippen LogP contribution in [0.25, 0.3) is 66.4 Å². The number of fused-ring (bicyclic) bond motifs is 3. The second-order valence-electron chi connectivity index (χ2n) is 12.3. The largest absolute Gasteiger partial charge is 0.305 e. The van der Waals surface area contributed by atoms with E-state index < -0.39 is 0 Å². The van der Waals surface area contributed by atoms with Crippen molar-refractivity contribution in [3.63, 3.8) is 0 Å². The molecule has 0 aliphatic rings. The molecule has 0 saturated heterocycles. The standard InChI is InChI=1S/C34H27N2.C11H8N.Ir/c1-21-8-11-28-31(15-21)30(19-34-32(28)16-23(3)20-36-34)27-14-22(2)13-26(17-27)29-18-25(10-9-24(29)4)33-7-5-6-12-35-33;1-2-6-10(7-3-1)11-8-4-5-9-12-11;/h5-9,11-20H,1-4H3;1-6,8-9H;/q2*-1;. The van der Waals surface area contributed by atoms with Crippen molar-refractivity contribution in [2.75, 3.05) is 0 Å². The molecule has 0 aliphatic carbocycles. The van der Waals surface area contributed by atoms with Gasteiger partial charge in [-0.2, -0.15) is 0 Å². The van der Waals surface area contributed by atoms with Crippen molar-refractivity contribution in [2.24, 2.45) is 0 Å². The molecule has 8 rings (SSSR count). The molecular formula is C45H35IrN3-2. The van der Waals surface area contributed by atoms with Gasteiger partial charge in [0.1, 0.15) is 0 Å². The van der Waals surface area contributed by atoms with E-state index in [0.29, 0.717) is 0 Å². The Morgan fingerprint density at radius 3 is 1.88 bits per heavy atom. The second-order valence-corrected chi connectivity index (χ2v) is 12.3. The summed E-state index contributed by atoms with van der Waals surface area (Å²) in [4.78, 5) is 13.5. The van der Waals surface area contributed by atoms with Crippen LogP contribution < -0.4 is 0 Å². The first-order valence-corrected chi connectivity index (χ1v) is 16.2. The number of hydrogen-bond acceptors (Lipinski definition) is 3. The van der Waals surface area contributed by atoms with Gasteiger partial charge in [-0.05, 0) is 101 Å². The SMILES string of the molecule is Cc1cc(-c2cc(-c3ccccn3)[c-]cc2C)cc(-c2cc3ncc(C)cc3c3ccc(C)cc23)c1.[Ir].[c-]1ccccc1-c1ccccn1. The van der Waals surface area contributed by atoms with Crippen molar-refractivity contribution in [1.82, 2.24) is 15.0 Å². The van der Waals surface area contributed by atoms with Crippen LogP contribution in [0.3, 0.4) is 0 Å². The van der Waals surface area contributed by atoms with Gasteiger partial charge in [0.2, 0.25) is 0 Å². The number of nitrogens with zero attached hydrogens (tertiary/aromatic N) is 3. The Morgan fingerprint density at radius 2 is 1.18 bits per heavy atom. The Balaban J connectivity index is 0.000000270. The maximum absolute atomic E-state index is 4.79. The normalized spacial score (nSPS) is 10.7. The maximum Gasteiger partial charge on any atom is 0.0714 e. The molecule has 1 radical (unpaired) electrons. The maximum atomic E-state index is 4.79. The van der Waals surface area contributed by atoms with Crippen LogP contribution >= 0.6 is 0 Å². The van der Waals surface area contributed by atoms with Gasteiger partial charge >= 0.3 is 0 Å². The van der Waals surface area contributed by atoms with E-state index in [0.717, 1.165) is 28.0 Å². The Kier molecular flexibility index (Phi) is 10.2. The van der Waals surface area contributed by atoms with Crippen LogP contribution in [0.15, 0.2) is 140 Å². The number of pyridine rings is 3. The molecule has 0 atom stereocenters. The molecule has 0 aliphatic heterocycles. The molecule has 241 valence electrons. The zero-order valence-corrected chi connectivity index (χ0v) is 30.3.